The van der Waals surface area contributed by atoms with E-state index in [2.05, 4.69) is 9.97 Å². The number of hydrogen-bond acceptors (Lipinski definition) is 5. The summed E-state index contributed by atoms with van der Waals surface area (Å²) in [4.78, 5) is 8.63. The normalized spacial score (nSPS) is 15.7. The minimum Gasteiger partial charge on any atom is -0.269 e. The van der Waals surface area contributed by atoms with Crippen molar-refractivity contribution in [3.8, 4) is 0 Å². The van der Waals surface area contributed by atoms with E-state index in [1.54, 1.807) is 30.3 Å². The maximum absolute atomic E-state index is 13.5. The van der Waals surface area contributed by atoms with E-state index in [1.807, 2.05) is 0 Å². The standard InChI is InChI=1S/C18H18F2N4O2S2/c19-18(20)24-15-6-2-1-5-14(15)22-16(24)12-27-17-8-7-13(11-21-17)28(25,26)23-9-3-4-10-23/h1-2,5-8,11,18H,3-4,9-10,12H2. The number of aromatic nitrogens is 3. The number of para-hydroxylation sites is 2. The Morgan fingerprint density at radius 1 is 1.11 bits per heavy atom. The number of nitrogens with zero attached hydrogens (tertiary/aromatic N) is 4. The van der Waals surface area contributed by atoms with Crippen molar-refractivity contribution in [1.82, 2.24) is 18.8 Å². The second-order valence-corrected chi connectivity index (χ2v) is 9.33. The summed E-state index contributed by atoms with van der Waals surface area (Å²) in [5.74, 6) is 0.446. The third-order valence-electron chi connectivity index (χ3n) is 4.63. The van der Waals surface area contributed by atoms with Gasteiger partial charge in [0.15, 0.2) is 0 Å². The number of sulfonamides is 1. The summed E-state index contributed by atoms with van der Waals surface area (Å²) in [5, 5.41) is 0.549. The summed E-state index contributed by atoms with van der Waals surface area (Å²) in [7, 11) is -3.51. The lowest BCUT2D eigenvalue weighted by molar-refractivity contribution is 0.0722. The smallest absolute Gasteiger partial charge is 0.269 e. The van der Waals surface area contributed by atoms with Gasteiger partial charge in [0.2, 0.25) is 10.0 Å². The van der Waals surface area contributed by atoms with Crippen LogP contribution in [0.4, 0.5) is 8.78 Å². The van der Waals surface area contributed by atoms with Crippen molar-refractivity contribution < 1.29 is 17.2 Å². The van der Waals surface area contributed by atoms with Crippen LogP contribution in [0.5, 0.6) is 0 Å². The van der Waals surface area contributed by atoms with E-state index >= 15 is 0 Å². The molecule has 0 amide bonds. The fourth-order valence-electron chi connectivity index (χ4n) is 3.23. The SMILES string of the molecule is O=S(=O)(c1ccc(SCc2nc3ccccc3n2C(F)F)nc1)N1CCCC1. The maximum Gasteiger partial charge on any atom is 0.320 e. The van der Waals surface area contributed by atoms with Gasteiger partial charge in [-0.15, -0.1) is 0 Å². The van der Waals surface area contributed by atoms with Gasteiger partial charge in [-0.25, -0.2) is 18.4 Å². The quantitative estimate of drug-likeness (QED) is 0.562. The van der Waals surface area contributed by atoms with Crippen molar-refractivity contribution in [2.24, 2.45) is 0 Å². The van der Waals surface area contributed by atoms with Crippen LogP contribution in [0.1, 0.15) is 25.2 Å². The molecule has 3 heterocycles. The topological polar surface area (TPSA) is 68.1 Å². The van der Waals surface area contributed by atoms with Crippen molar-refractivity contribution in [3.63, 3.8) is 0 Å². The molecule has 10 heteroatoms. The molecular weight excluding hydrogens is 406 g/mol. The first kappa shape index (κ1) is 19.3. The highest BCUT2D eigenvalue weighted by Crippen LogP contribution is 2.28. The van der Waals surface area contributed by atoms with E-state index in [0.29, 0.717) is 29.1 Å². The first-order valence-electron chi connectivity index (χ1n) is 8.80. The summed E-state index contributed by atoms with van der Waals surface area (Å²) in [6.07, 6.45) is 3.06. The van der Waals surface area contributed by atoms with Crippen molar-refractivity contribution in [2.75, 3.05) is 13.1 Å². The van der Waals surface area contributed by atoms with E-state index in [1.165, 1.54) is 28.3 Å². The van der Waals surface area contributed by atoms with Gasteiger partial charge < -0.3 is 0 Å². The van der Waals surface area contributed by atoms with E-state index < -0.39 is 16.6 Å². The Hall–Kier alpha value is -2.04. The molecule has 0 unspecified atom stereocenters. The molecule has 1 fully saturated rings. The molecule has 1 aromatic carbocycles. The van der Waals surface area contributed by atoms with E-state index in [4.69, 9.17) is 0 Å². The second kappa shape index (κ2) is 7.76. The Kier molecular flexibility index (Phi) is 5.35. The molecule has 0 atom stereocenters. The number of pyridine rings is 1. The highest BCUT2D eigenvalue weighted by molar-refractivity contribution is 7.98. The number of benzene rings is 1. The molecule has 0 radical (unpaired) electrons. The lowest BCUT2D eigenvalue weighted by Crippen LogP contribution is -2.27. The van der Waals surface area contributed by atoms with Crippen molar-refractivity contribution in [1.29, 1.82) is 0 Å². The molecule has 0 spiro atoms. The number of fused-ring (bicyclic) bond motifs is 1. The number of thioether (sulfide) groups is 1. The molecule has 148 valence electrons. The molecule has 0 bridgehead atoms. The van der Waals surface area contributed by atoms with Crippen LogP contribution in [-0.4, -0.2) is 40.3 Å². The molecule has 0 saturated carbocycles. The molecule has 3 aromatic rings. The third-order valence-corrected chi connectivity index (χ3v) is 7.45. The zero-order valence-corrected chi connectivity index (χ0v) is 16.5. The van der Waals surface area contributed by atoms with Crippen molar-refractivity contribution in [3.05, 3.63) is 48.4 Å². The van der Waals surface area contributed by atoms with E-state index in [9.17, 15) is 17.2 Å². The zero-order valence-electron chi connectivity index (χ0n) is 14.8. The Labute approximate surface area is 165 Å². The molecular formula is C18H18F2N4O2S2. The molecule has 1 saturated heterocycles. The molecule has 2 aromatic heterocycles. The highest BCUT2D eigenvalue weighted by atomic mass is 32.2. The summed E-state index contributed by atoms with van der Waals surface area (Å²) >= 11 is 1.24. The van der Waals surface area contributed by atoms with Gasteiger partial charge in [0.05, 0.1) is 21.8 Å². The van der Waals surface area contributed by atoms with Crippen LogP contribution < -0.4 is 0 Å². The van der Waals surface area contributed by atoms with E-state index in [-0.39, 0.29) is 16.5 Å². The van der Waals surface area contributed by atoms with Gasteiger partial charge in [0, 0.05) is 19.3 Å². The Balaban J connectivity index is 1.52. The molecule has 0 N–H and O–H groups in total. The Morgan fingerprint density at radius 3 is 2.54 bits per heavy atom. The summed E-state index contributed by atoms with van der Waals surface area (Å²) in [5.41, 5.74) is 0.895. The number of rotatable bonds is 6. The number of halogens is 2. The van der Waals surface area contributed by atoms with Gasteiger partial charge >= 0.3 is 6.55 Å². The highest BCUT2D eigenvalue weighted by Gasteiger charge is 2.27. The predicted octanol–water partition coefficient (Wildman–Crippen LogP) is 3.90. The van der Waals surface area contributed by atoms with Crippen LogP contribution in [0.15, 0.2) is 52.5 Å². The van der Waals surface area contributed by atoms with Crippen LogP contribution in [0.3, 0.4) is 0 Å². The number of hydrogen-bond donors (Lipinski definition) is 0. The minimum absolute atomic E-state index is 0.151. The van der Waals surface area contributed by atoms with Crippen LogP contribution in [-0.2, 0) is 15.8 Å². The fraction of sp³-hybridized carbons (Fsp3) is 0.333. The lowest BCUT2D eigenvalue weighted by atomic mass is 10.3. The first-order chi connectivity index (χ1) is 13.5. The predicted molar refractivity (Wildman–Crippen MR) is 103 cm³/mol. The van der Waals surface area contributed by atoms with Gasteiger partial charge in [-0.2, -0.15) is 13.1 Å². The van der Waals surface area contributed by atoms with Gasteiger partial charge in [0.25, 0.3) is 0 Å². The average Bonchev–Trinajstić information content (AvgIpc) is 3.34. The van der Waals surface area contributed by atoms with Crippen LogP contribution >= 0.6 is 11.8 Å². The van der Waals surface area contributed by atoms with Crippen LogP contribution in [0, 0.1) is 0 Å². The minimum atomic E-state index is -3.51. The number of imidazole rings is 1. The Morgan fingerprint density at radius 2 is 1.86 bits per heavy atom. The lowest BCUT2D eigenvalue weighted by Gasteiger charge is -2.15. The zero-order chi connectivity index (χ0) is 19.7. The molecule has 0 aliphatic carbocycles. The summed E-state index contributed by atoms with van der Waals surface area (Å²) in [6.45, 7) is -1.63. The molecule has 28 heavy (non-hydrogen) atoms. The maximum atomic E-state index is 13.5. The van der Waals surface area contributed by atoms with E-state index in [0.717, 1.165) is 17.4 Å². The summed E-state index contributed by atoms with van der Waals surface area (Å²) < 4.78 is 54.4. The Bertz CT molecular complexity index is 1080. The molecule has 1 aliphatic rings. The first-order valence-corrected chi connectivity index (χ1v) is 11.2. The largest absolute Gasteiger partial charge is 0.320 e. The average molecular weight is 424 g/mol. The molecule has 6 nitrogen and oxygen atoms in total. The second-order valence-electron chi connectivity index (χ2n) is 6.40. The van der Waals surface area contributed by atoms with Crippen molar-refractivity contribution >= 4 is 32.8 Å². The van der Waals surface area contributed by atoms with Crippen LogP contribution in [0.2, 0.25) is 0 Å². The van der Waals surface area contributed by atoms with Gasteiger partial charge in [-0.3, -0.25) is 4.57 Å². The molecule has 4 rings (SSSR count). The van der Waals surface area contributed by atoms with Gasteiger partial charge in [-0.05, 0) is 37.1 Å². The summed E-state index contributed by atoms with van der Waals surface area (Å²) in [6, 6.07) is 9.86. The van der Waals surface area contributed by atoms with Crippen LogP contribution in [0.25, 0.3) is 11.0 Å². The number of alkyl halides is 2. The van der Waals surface area contributed by atoms with Gasteiger partial charge in [0.1, 0.15) is 10.7 Å². The third kappa shape index (κ3) is 3.63. The monoisotopic (exact) mass is 424 g/mol. The fourth-order valence-corrected chi connectivity index (χ4v) is 5.47. The van der Waals surface area contributed by atoms with Crippen molar-refractivity contribution in [2.45, 2.75) is 35.1 Å². The van der Waals surface area contributed by atoms with Gasteiger partial charge in [-0.1, -0.05) is 23.9 Å². The molecule has 1 aliphatic heterocycles.